The molecule has 1 N–H and O–H groups in total. The highest BCUT2D eigenvalue weighted by atomic mass is 35.5. The Hall–Kier alpha value is -1.59. The minimum atomic E-state index is -0.634. The third-order valence-corrected chi connectivity index (χ3v) is 2.51. The zero-order valence-electron chi connectivity index (χ0n) is 8.21. The van der Waals surface area contributed by atoms with Crippen molar-refractivity contribution in [1.29, 1.82) is 0 Å². The second-order valence-corrected chi connectivity index (χ2v) is 3.81. The SMILES string of the molecule is O=c1[nH]cnc(Oc2ccc(Cl)c(F)c2)c1Cl. The van der Waals surface area contributed by atoms with Gasteiger partial charge in [0, 0.05) is 6.07 Å². The monoisotopic (exact) mass is 274 g/mol. The van der Waals surface area contributed by atoms with Crippen molar-refractivity contribution in [3.63, 3.8) is 0 Å². The number of aromatic nitrogens is 2. The van der Waals surface area contributed by atoms with Crippen molar-refractivity contribution in [2.24, 2.45) is 0 Å². The summed E-state index contributed by atoms with van der Waals surface area (Å²) in [5, 5.41) is -0.231. The Labute approximate surface area is 105 Å². The zero-order chi connectivity index (χ0) is 12.4. The molecule has 17 heavy (non-hydrogen) atoms. The summed E-state index contributed by atoms with van der Waals surface area (Å²) in [6.07, 6.45) is 1.13. The molecule has 0 bridgehead atoms. The predicted octanol–water partition coefficient (Wildman–Crippen LogP) is 3.01. The minimum absolute atomic E-state index is 0.0256. The van der Waals surface area contributed by atoms with Crippen molar-refractivity contribution in [2.75, 3.05) is 0 Å². The maximum atomic E-state index is 13.1. The minimum Gasteiger partial charge on any atom is -0.437 e. The largest absolute Gasteiger partial charge is 0.437 e. The van der Waals surface area contributed by atoms with E-state index in [0.29, 0.717) is 0 Å². The van der Waals surface area contributed by atoms with E-state index < -0.39 is 11.4 Å². The van der Waals surface area contributed by atoms with E-state index >= 15 is 0 Å². The molecule has 0 atom stereocenters. The molecule has 0 spiro atoms. The van der Waals surface area contributed by atoms with Gasteiger partial charge in [-0.05, 0) is 12.1 Å². The van der Waals surface area contributed by atoms with Crippen molar-refractivity contribution in [3.05, 3.63) is 50.7 Å². The summed E-state index contributed by atoms with van der Waals surface area (Å²) in [5.41, 5.74) is -0.536. The van der Waals surface area contributed by atoms with E-state index in [1.165, 1.54) is 12.1 Å². The van der Waals surface area contributed by atoms with Crippen molar-refractivity contribution in [1.82, 2.24) is 9.97 Å². The molecule has 2 aromatic rings. The Bertz CT molecular complexity index is 615. The van der Waals surface area contributed by atoms with Gasteiger partial charge < -0.3 is 9.72 Å². The van der Waals surface area contributed by atoms with E-state index in [2.05, 4.69) is 9.97 Å². The molecule has 2 rings (SSSR count). The zero-order valence-corrected chi connectivity index (χ0v) is 9.72. The average molecular weight is 275 g/mol. The van der Waals surface area contributed by atoms with Gasteiger partial charge in [0.25, 0.3) is 5.56 Å². The molecule has 0 unspecified atom stereocenters. The van der Waals surface area contributed by atoms with Crippen molar-refractivity contribution in [2.45, 2.75) is 0 Å². The molecule has 4 nitrogen and oxygen atoms in total. The van der Waals surface area contributed by atoms with Gasteiger partial charge in [0.2, 0.25) is 5.88 Å². The highest BCUT2D eigenvalue weighted by Gasteiger charge is 2.09. The number of nitrogens with one attached hydrogen (secondary N) is 1. The molecule has 0 saturated carbocycles. The first-order valence-corrected chi connectivity index (χ1v) is 5.19. The van der Waals surface area contributed by atoms with E-state index in [1.54, 1.807) is 0 Å². The molecule has 1 aromatic heterocycles. The molecule has 0 radical (unpaired) electrons. The van der Waals surface area contributed by atoms with E-state index in [1.807, 2.05) is 0 Å². The van der Waals surface area contributed by atoms with Crippen LogP contribution in [0.4, 0.5) is 4.39 Å². The lowest BCUT2D eigenvalue weighted by atomic mass is 10.3. The van der Waals surface area contributed by atoms with Gasteiger partial charge in [-0.15, -0.1) is 0 Å². The Morgan fingerprint density at radius 3 is 2.82 bits per heavy atom. The topological polar surface area (TPSA) is 55.0 Å². The number of aromatic amines is 1. The van der Waals surface area contributed by atoms with Crippen LogP contribution in [0.5, 0.6) is 11.6 Å². The first kappa shape index (κ1) is 11.9. The van der Waals surface area contributed by atoms with Crippen molar-refractivity contribution < 1.29 is 9.13 Å². The number of nitrogens with zero attached hydrogens (tertiary/aromatic N) is 1. The Morgan fingerprint density at radius 2 is 2.12 bits per heavy atom. The summed E-state index contributed by atoms with van der Waals surface area (Å²) in [7, 11) is 0. The number of ether oxygens (including phenoxy) is 1. The number of rotatable bonds is 2. The van der Waals surface area contributed by atoms with Crippen LogP contribution in [0.15, 0.2) is 29.3 Å². The van der Waals surface area contributed by atoms with E-state index in [0.717, 1.165) is 12.4 Å². The summed E-state index contributed by atoms with van der Waals surface area (Å²) < 4.78 is 18.3. The summed E-state index contributed by atoms with van der Waals surface area (Å²) in [6.45, 7) is 0. The number of halogens is 3. The van der Waals surface area contributed by atoms with Crippen molar-refractivity contribution in [3.8, 4) is 11.6 Å². The quantitative estimate of drug-likeness (QED) is 0.916. The average Bonchev–Trinajstić information content (AvgIpc) is 2.30. The molecule has 1 aromatic carbocycles. The van der Waals surface area contributed by atoms with Crippen molar-refractivity contribution >= 4 is 23.2 Å². The number of hydrogen-bond acceptors (Lipinski definition) is 3. The van der Waals surface area contributed by atoms with Crippen LogP contribution in [0.3, 0.4) is 0 Å². The second-order valence-electron chi connectivity index (χ2n) is 3.03. The molecule has 7 heteroatoms. The number of H-pyrrole nitrogens is 1. The van der Waals surface area contributed by atoms with E-state index in [4.69, 9.17) is 27.9 Å². The lowest BCUT2D eigenvalue weighted by Gasteiger charge is -2.05. The summed E-state index contributed by atoms with van der Waals surface area (Å²) in [4.78, 5) is 17.1. The lowest BCUT2D eigenvalue weighted by Crippen LogP contribution is -2.07. The first-order chi connectivity index (χ1) is 8.08. The van der Waals surface area contributed by atoms with Crippen LogP contribution in [-0.4, -0.2) is 9.97 Å². The van der Waals surface area contributed by atoms with Gasteiger partial charge >= 0.3 is 0 Å². The normalized spacial score (nSPS) is 10.3. The summed E-state index contributed by atoms with van der Waals surface area (Å²) >= 11 is 11.2. The van der Waals surface area contributed by atoms with Gasteiger partial charge in [0.1, 0.15) is 11.6 Å². The van der Waals surface area contributed by atoms with Gasteiger partial charge in [-0.25, -0.2) is 9.37 Å². The Balaban J connectivity index is 2.35. The van der Waals surface area contributed by atoms with Crippen LogP contribution < -0.4 is 10.3 Å². The second kappa shape index (κ2) is 4.73. The molecule has 88 valence electrons. The fourth-order valence-electron chi connectivity index (χ4n) is 1.09. The molecule has 0 aliphatic carbocycles. The number of benzene rings is 1. The molecule has 0 fully saturated rings. The summed E-state index contributed by atoms with van der Waals surface area (Å²) in [5.74, 6) is -0.589. The number of hydrogen-bond donors (Lipinski definition) is 1. The maximum Gasteiger partial charge on any atom is 0.273 e. The fourth-order valence-corrected chi connectivity index (χ4v) is 1.35. The molecule has 0 saturated heterocycles. The Morgan fingerprint density at radius 1 is 1.35 bits per heavy atom. The van der Waals surface area contributed by atoms with Crippen LogP contribution in [0.1, 0.15) is 0 Å². The van der Waals surface area contributed by atoms with Crippen LogP contribution >= 0.6 is 23.2 Å². The predicted molar refractivity (Wildman–Crippen MR) is 61.4 cm³/mol. The summed E-state index contributed by atoms with van der Waals surface area (Å²) in [6, 6.07) is 3.83. The standard InChI is InChI=1S/C10H5Cl2FN2O2/c11-6-2-1-5(3-7(6)13)17-10-8(12)9(16)14-4-15-10/h1-4H,(H,14,15,16). The third kappa shape index (κ3) is 2.57. The smallest absolute Gasteiger partial charge is 0.273 e. The maximum absolute atomic E-state index is 13.1. The molecule has 0 amide bonds. The molecule has 0 aliphatic heterocycles. The van der Waals surface area contributed by atoms with Crippen LogP contribution in [0.25, 0.3) is 0 Å². The van der Waals surface area contributed by atoms with E-state index in [9.17, 15) is 9.18 Å². The lowest BCUT2D eigenvalue weighted by molar-refractivity contribution is 0.456. The molecule has 1 heterocycles. The van der Waals surface area contributed by atoms with Gasteiger partial charge in [0.15, 0.2) is 5.02 Å². The molecular weight excluding hydrogens is 270 g/mol. The fraction of sp³-hybridized carbons (Fsp3) is 0. The highest BCUT2D eigenvalue weighted by molar-refractivity contribution is 6.31. The first-order valence-electron chi connectivity index (χ1n) is 4.44. The van der Waals surface area contributed by atoms with Gasteiger partial charge in [-0.2, -0.15) is 0 Å². The Kier molecular flexibility index (Phi) is 3.31. The molecule has 0 aliphatic rings. The third-order valence-electron chi connectivity index (χ3n) is 1.87. The van der Waals surface area contributed by atoms with Crippen LogP contribution in [0.2, 0.25) is 10.0 Å². The molecular formula is C10H5Cl2FN2O2. The van der Waals surface area contributed by atoms with Gasteiger partial charge in [0.05, 0.1) is 11.3 Å². The van der Waals surface area contributed by atoms with Gasteiger partial charge in [-0.1, -0.05) is 23.2 Å². The van der Waals surface area contributed by atoms with E-state index in [-0.39, 0.29) is 21.7 Å². The van der Waals surface area contributed by atoms with Gasteiger partial charge in [-0.3, -0.25) is 4.79 Å². The van der Waals surface area contributed by atoms with Crippen LogP contribution in [0, 0.1) is 5.82 Å². The highest BCUT2D eigenvalue weighted by Crippen LogP contribution is 2.26. The van der Waals surface area contributed by atoms with Crippen LogP contribution in [-0.2, 0) is 0 Å².